The van der Waals surface area contributed by atoms with Crippen molar-refractivity contribution in [3.8, 4) is 16.9 Å². The van der Waals surface area contributed by atoms with E-state index >= 15 is 4.39 Å². The van der Waals surface area contributed by atoms with E-state index in [2.05, 4.69) is 0 Å². The van der Waals surface area contributed by atoms with Crippen molar-refractivity contribution in [1.82, 2.24) is 0 Å². The molecule has 0 unspecified atom stereocenters. The van der Waals surface area contributed by atoms with Gasteiger partial charge >= 0.3 is 0 Å². The molecule has 0 amide bonds. The minimum atomic E-state index is -0.574. The Labute approximate surface area is 202 Å². The van der Waals surface area contributed by atoms with Gasteiger partial charge in [-0.05, 0) is 22.4 Å². The number of fused-ring (bicyclic) bond motifs is 2. The first-order valence-corrected chi connectivity index (χ1v) is 11.6. The highest BCUT2D eigenvalue weighted by Gasteiger charge is 2.19. The zero-order valence-corrected chi connectivity index (χ0v) is 19.5. The second-order valence-electron chi connectivity index (χ2n) is 8.88. The minimum Gasteiger partial charge on any atom is -0.489 e. The summed E-state index contributed by atoms with van der Waals surface area (Å²) in [6.45, 7) is 3.73. The van der Waals surface area contributed by atoms with Gasteiger partial charge in [-0.3, -0.25) is 4.79 Å². The lowest BCUT2D eigenvalue weighted by Crippen LogP contribution is -2.06. The summed E-state index contributed by atoms with van der Waals surface area (Å²) in [6, 6.07) is 23.7. The van der Waals surface area contributed by atoms with Crippen molar-refractivity contribution in [1.29, 1.82) is 0 Å². The number of rotatable bonds is 6. The fourth-order valence-corrected chi connectivity index (χ4v) is 4.35. The van der Waals surface area contributed by atoms with Crippen molar-refractivity contribution in [2.24, 2.45) is 0 Å². The number of hydrogen-bond acceptors (Lipinski definition) is 4. The Balaban J connectivity index is 1.66. The van der Waals surface area contributed by atoms with Crippen molar-refractivity contribution < 1.29 is 18.7 Å². The Morgan fingerprint density at radius 3 is 2.46 bits per heavy atom. The summed E-state index contributed by atoms with van der Waals surface area (Å²) in [6.07, 6.45) is 0. The molecule has 0 spiro atoms. The highest BCUT2D eigenvalue weighted by atomic mass is 19.1. The molecule has 0 fully saturated rings. The van der Waals surface area contributed by atoms with Crippen LogP contribution in [0.5, 0.6) is 5.75 Å². The van der Waals surface area contributed by atoms with Crippen molar-refractivity contribution in [3.63, 3.8) is 0 Å². The van der Waals surface area contributed by atoms with Crippen LogP contribution in [0.1, 0.15) is 36.7 Å². The first-order chi connectivity index (χ1) is 17.0. The van der Waals surface area contributed by atoms with E-state index in [0.29, 0.717) is 29.3 Å². The van der Waals surface area contributed by atoms with E-state index < -0.39 is 12.4 Å². The Morgan fingerprint density at radius 2 is 1.66 bits per heavy atom. The van der Waals surface area contributed by atoms with Crippen LogP contribution in [0.25, 0.3) is 32.9 Å². The second-order valence-corrected chi connectivity index (χ2v) is 8.88. The van der Waals surface area contributed by atoms with E-state index in [4.69, 9.17) is 9.15 Å². The summed E-state index contributed by atoms with van der Waals surface area (Å²) < 4.78 is 27.5. The van der Waals surface area contributed by atoms with Gasteiger partial charge in [-0.25, -0.2) is 4.39 Å². The third-order valence-electron chi connectivity index (χ3n) is 6.21. The summed E-state index contributed by atoms with van der Waals surface area (Å²) in [7, 11) is 0. The molecule has 0 aliphatic heterocycles. The van der Waals surface area contributed by atoms with Gasteiger partial charge in [0, 0.05) is 34.7 Å². The number of hydrogen-bond donors (Lipinski definition) is 1. The summed E-state index contributed by atoms with van der Waals surface area (Å²) in [5, 5.41) is 12.0. The standard InChI is InChI=1S/C30H25FO4/c1-18(2)27-15-26(33)29-25(24-12-6-9-20(16-32)30(24)31)13-22(14-28(29)35-27)34-17-21-10-5-8-19-7-3-4-11-23(19)21/h3-15,18,32H,16-17H2,1-2H3. The fraction of sp³-hybridized carbons (Fsp3) is 0.167. The molecule has 0 aliphatic carbocycles. The molecule has 35 heavy (non-hydrogen) atoms. The topological polar surface area (TPSA) is 59.7 Å². The zero-order valence-electron chi connectivity index (χ0n) is 19.5. The van der Waals surface area contributed by atoms with Crippen LogP contribution in [0, 0.1) is 5.82 Å². The van der Waals surface area contributed by atoms with Crippen LogP contribution in [0.4, 0.5) is 4.39 Å². The Hall–Kier alpha value is -3.96. The molecule has 0 bridgehead atoms. The van der Waals surface area contributed by atoms with Crippen LogP contribution in [-0.4, -0.2) is 5.11 Å². The van der Waals surface area contributed by atoms with E-state index in [1.165, 1.54) is 12.1 Å². The highest BCUT2D eigenvalue weighted by Crippen LogP contribution is 2.35. The first kappa shape index (κ1) is 22.8. The summed E-state index contributed by atoms with van der Waals surface area (Å²) in [5.74, 6) is 0.433. The van der Waals surface area contributed by atoms with Crippen LogP contribution < -0.4 is 10.2 Å². The monoisotopic (exact) mass is 468 g/mol. The number of ether oxygens (including phenoxy) is 1. The predicted molar refractivity (Wildman–Crippen MR) is 136 cm³/mol. The van der Waals surface area contributed by atoms with Crippen LogP contribution in [0.3, 0.4) is 0 Å². The lowest BCUT2D eigenvalue weighted by molar-refractivity contribution is 0.276. The third-order valence-corrected chi connectivity index (χ3v) is 6.21. The molecule has 0 aliphatic rings. The van der Waals surface area contributed by atoms with Crippen LogP contribution in [0.2, 0.25) is 0 Å². The van der Waals surface area contributed by atoms with Gasteiger partial charge in [-0.1, -0.05) is 74.5 Å². The molecule has 0 radical (unpaired) electrons. The molecule has 1 N–H and O–H groups in total. The van der Waals surface area contributed by atoms with Crippen molar-refractivity contribution in [3.05, 3.63) is 112 Å². The number of halogens is 1. The van der Waals surface area contributed by atoms with E-state index in [9.17, 15) is 9.90 Å². The van der Waals surface area contributed by atoms with Gasteiger partial charge in [0.2, 0.25) is 0 Å². The fourth-order valence-electron chi connectivity index (χ4n) is 4.35. The van der Waals surface area contributed by atoms with Gasteiger partial charge in [-0.15, -0.1) is 0 Å². The number of benzene rings is 4. The van der Waals surface area contributed by atoms with E-state index in [0.717, 1.165) is 16.3 Å². The average Bonchev–Trinajstić information content (AvgIpc) is 2.87. The lowest BCUT2D eigenvalue weighted by Gasteiger charge is -2.15. The second kappa shape index (κ2) is 9.35. The molecule has 1 aromatic heterocycles. The highest BCUT2D eigenvalue weighted by molar-refractivity contribution is 5.95. The van der Waals surface area contributed by atoms with E-state index in [1.807, 2.05) is 56.3 Å². The van der Waals surface area contributed by atoms with Crippen LogP contribution in [-0.2, 0) is 13.2 Å². The van der Waals surface area contributed by atoms with Crippen LogP contribution >= 0.6 is 0 Å². The molecule has 4 aromatic carbocycles. The lowest BCUT2D eigenvalue weighted by atomic mass is 9.97. The molecule has 5 aromatic rings. The predicted octanol–water partition coefficient (Wildman–Crippen LogP) is 6.95. The molecule has 4 nitrogen and oxygen atoms in total. The van der Waals surface area contributed by atoms with Gasteiger partial charge in [0.15, 0.2) is 5.43 Å². The molecule has 176 valence electrons. The van der Waals surface area contributed by atoms with Gasteiger partial charge in [0.1, 0.15) is 29.5 Å². The maximum atomic E-state index is 15.2. The summed E-state index contributed by atoms with van der Waals surface area (Å²) in [4.78, 5) is 13.1. The zero-order chi connectivity index (χ0) is 24.5. The maximum Gasteiger partial charge on any atom is 0.193 e. The average molecular weight is 469 g/mol. The normalized spacial score (nSPS) is 11.5. The quantitative estimate of drug-likeness (QED) is 0.293. The van der Waals surface area contributed by atoms with Crippen molar-refractivity contribution >= 4 is 21.7 Å². The number of aliphatic hydroxyl groups excluding tert-OH is 1. The Kier molecular flexibility index (Phi) is 6.10. The molecule has 1 heterocycles. The molecular formula is C30H25FO4. The van der Waals surface area contributed by atoms with E-state index in [-0.39, 0.29) is 27.9 Å². The van der Waals surface area contributed by atoms with Gasteiger partial charge in [0.05, 0.1) is 12.0 Å². The molecule has 0 saturated carbocycles. The summed E-state index contributed by atoms with van der Waals surface area (Å²) >= 11 is 0. The number of aliphatic hydroxyl groups is 1. The minimum absolute atomic E-state index is 0.00487. The van der Waals surface area contributed by atoms with Gasteiger partial charge in [0.25, 0.3) is 0 Å². The van der Waals surface area contributed by atoms with Crippen LogP contribution in [0.15, 0.2) is 88.1 Å². The third kappa shape index (κ3) is 4.31. The van der Waals surface area contributed by atoms with Crippen molar-refractivity contribution in [2.45, 2.75) is 33.0 Å². The molecule has 0 saturated heterocycles. The van der Waals surface area contributed by atoms with Gasteiger partial charge < -0.3 is 14.3 Å². The van der Waals surface area contributed by atoms with Gasteiger partial charge in [-0.2, -0.15) is 0 Å². The summed E-state index contributed by atoms with van der Waals surface area (Å²) in [5.41, 5.74) is 1.82. The first-order valence-electron chi connectivity index (χ1n) is 11.6. The largest absolute Gasteiger partial charge is 0.489 e. The maximum absolute atomic E-state index is 15.2. The molecular weight excluding hydrogens is 443 g/mol. The van der Waals surface area contributed by atoms with E-state index in [1.54, 1.807) is 24.3 Å². The Bertz CT molecular complexity index is 1590. The molecule has 5 rings (SSSR count). The SMILES string of the molecule is CC(C)c1cc(=O)c2c(-c3cccc(CO)c3F)cc(OCc3cccc4ccccc34)cc2o1. The smallest absolute Gasteiger partial charge is 0.193 e. The molecule has 0 atom stereocenters. The van der Waals surface area contributed by atoms with Crippen molar-refractivity contribution in [2.75, 3.05) is 0 Å². The Morgan fingerprint density at radius 1 is 0.914 bits per heavy atom. The molecule has 5 heteroatoms.